The molecule has 0 aromatic carbocycles. The van der Waals surface area contributed by atoms with E-state index in [2.05, 4.69) is 6.55 Å². The summed E-state index contributed by atoms with van der Waals surface area (Å²) in [4.78, 5) is 0. The fraction of sp³-hybridized carbons (Fsp3) is 1.00. The molecule has 2 nitrogen and oxygen atoms in total. The fourth-order valence-electron chi connectivity index (χ4n) is 0.670. The van der Waals surface area contributed by atoms with Gasteiger partial charge in [-0.15, -0.1) is 0 Å². The number of rotatable bonds is 5. The maximum Gasteiger partial charge on any atom is 0.208 e. The van der Waals surface area contributed by atoms with E-state index in [1.165, 1.54) is 6.04 Å². The molecule has 0 aliphatic carbocycles. The van der Waals surface area contributed by atoms with Gasteiger partial charge < -0.3 is 10.2 Å². The monoisotopic (exact) mass is 146 g/mol. The zero-order valence-corrected chi connectivity index (χ0v) is 7.31. The zero-order chi connectivity index (χ0) is 7.11. The lowest BCUT2D eigenvalue weighted by Gasteiger charge is -2.06. The van der Waals surface area contributed by atoms with Crippen molar-refractivity contribution in [3.8, 4) is 0 Å². The van der Waals surface area contributed by atoms with Crippen molar-refractivity contribution in [2.75, 3.05) is 13.2 Å². The van der Waals surface area contributed by atoms with E-state index in [1.807, 2.05) is 6.92 Å². The molecule has 0 aromatic rings. The van der Waals surface area contributed by atoms with Crippen molar-refractivity contribution in [2.45, 2.75) is 25.9 Å². The first-order valence-electron chi connectivity index (χ1n) is 3.46. The molecule has 0 aliphatic rings. The van der Waals surface area contributed by atoms with Gasteiger partial charge in [0.25, 0.3) is 0 Å². The van der Waals surface area contributed by atoms with Crippen LogP contribution in [0.5, 0.6) is 0 Å². The molecule has 0 fully saturated rings. The minimum atomic E-state index is -0.483. The molecule has 0 aliphatic heterocycles. The average Bonchev–Trinajstić information content (AvgIpc) is 1.85. The molecule has 1 radical (unpaired) electrons. The van der Waals surface area contributed by atoms with Crippen LogP contribution in [0.15, 0.2) is 0 Å². The van der Waals surface area contributed by atoms with Crippen molar-refractivity contribution in [3.63, 3.8) is 0 Å². The Kier molecular flexibility index (Phi) is 6.35. The SMILES string of the molecule is CCO[Si](C)CCCN. The van der Waals surface area contributed by atoms with E-state index >= 15 is 0 Å². The molecule has 3 heteroatoms. The van der Waals surface area contributed by atoms with Crippen molar-refractivity contribution in [1.29, 1.82) is 0 Å². The highest BCUT2D eigenvalue weighted by molar-refractivity contribution is 6.50. The molecule has 0 aromatic heterocycles. The van der Waals surface area contributed by atoms with E-state index in [4.69, 9.17) is 10.2 Å². The van der Waals surface area contributed by atoms with Crippen LogP contribution in [-0.4, -0.2) is 22.2 Å². The van der Waals surface area contributed by atoms with Gasteiger partial charge >= 0.3 is 0 Å². The van der Waals surface area contributed by atoms with E-state index < -0.39 is 9.04 Å². The molecular formula is C6H16NOSi. The van der Waals surface area contributed by atoms with Gasteiger partial charge in [-0.3, -0.25) is 0 Å². The summed E-state index contributed by atoms with van der Waals surface area (Å²) in [6, 6.07) is 1.19. The third kappa shape index (κ3) is 6.02. The summed E-state index contributed by atoms with van der Waals surface area (Å²) in [5.74, 6) is 0. The summed E-state index contributed by atoms with van der Waals surface area (Å²) in [7, 11) is -0.483. The number of hydrogen-bond donors (Lipinski definition) is 1. The molecule has 0 bridgehead atoms. The average molecular weight is 146 g/mol. The first kappa shape index (κ1) is 9.14. The largest absolute Gasteiger partial charge is 0.417 e. The molecule has 0 unspecified atom stereocenters. The molecule has 0 saturated carbocycles. The van der Waals surface area contributed by atoms with Gasteiger partial charge in [-0.1, -0.05) is 0 Å². The molecule has 0 spiro atoms. The molecule has 0 atom stereocenters. The van der Waals surface area contributed by atoms with E-state index in [0.29, 0.717) is 0 Å². The summed E-state index contributed by atoms with van der Waals surface area (Å²) >= 11 is 0. The molecule has 0 amide bonds. The van der Waals surface area contributed by atoms with Gasteiger partial charge in [-0.2, -0.15) is 0 Å². The molecule has 9 heavy (non-hydrogen) atoms. The molecule has 0 saturated heterocycles. The zero-order valence-electron chi connectivity index (χ0n) is 6.31. The Morgan fingerprint density at radius 3 is 2.67 bits per heavy atom. The first-order valence-corrected chi connectivity index (χ1v) is 5.58. The van der Waals surface area contributed by atoms with E-state index in [0.717, 1.165) is 19.6 Å². The predicted octanol–water partition coefficient (Wildman–Crippen LogP) is 0.993. The van der Waals surface area contributed by atoms with Crippen LogP contribution < -0.4 is 5.73 Å². The van der Waals surface area contributed by atoms with Crippen LogP contribution in [0.4, 0.5) is 0 Å². The Balaban J connectivity index is 2.95. The predicted molar refractivity (Wildman–Crippen MR) is 41.7 cm³/mol. The Morgan fingerprint density at radius 1 is 1.56 bits per heavy atom. The van der Waals surface area contributed by atoms with Gasteiger partial charge in [0.1, 0.15) is 0 Å². The third-order valence-corrected chi connectivity index (χ3v) is 2.96. The number of hydrogen-bond acceptors (Lipinski definition) is 2. The van der Waals surface area contributed by atoms with Gasteiger partial charge in [0.15, 0.2) is 0 Å². The summed E-state index contributed by atoms with van der Waals surface area (Å²) in [5, 5.41) is 0. The van der Waals surface area contributed by atoms with Crippen LogP contribution in [0.3, 0.4) is 0 Å². The van der Waals surface area contributed by atoms with E-state index in [1.54, 1.807) is 0 Å². The molecule has 55 valence electrons. The Bertz CT molecular complexity index is 61.0. The minimum absolute atomic E-state index is 0.483. The van der Waals surface area contributed by atoms with Gasteiger partial charge in [0, 0.05) is 6.61 Å². The fourth-order valence-corrected chi connectivity index (χ4v) is 2.01. The Labute approximate surface area is 59.1 Å². The maximum absolute atomic E-state index is 5.39. The van der Waals surface area contributed by atoms with Crippen molar-refractivity contribution in [3.05, 3.63) is 0 Å². The topological polar surface area (TPSA) is 35.2 Å². The lowest BCUT2D eigenvalue weighted by Crippen LogP contribution is -2.14. The first-order chi connectivity index (χ1) is 4.31. The second-order valence-electron chi connectivity index (χ2n) is 2.03. The van der Waals surface area contributed by atoms with Gasteiger partial charge in [-0.25, -0.2) is 0 Å². The summed E-state index contributed by atoms with van der Waals surface area (Å²) < 4.78 is 5.39. The van der Waals surface area contributed by atoms with Gasteiger partial charge in [0.2, 0.25) is 9.04 Å². The Morgan fingerprint density at radius 2 is 2.22 bits per heavy atom. The van der Waals surface area contributed by atoms with Crippen LogP contribution in [0.2, 0.25) is 12.6 Å². The molecule has 0 rings (SSSR count). The lowest BCUT2D eigenvalue weighted by atomic mass is 10.5. The summed E-state index contributed by atoms with van der Waals surface area (Å²) in [5.41, 5.74) is 5.33. The van der Waals surface area contributed by atoms with Crippen LogP contribution in [-0.2, 0) is 4.43 Å². The van der Waals surface area contributed by atoms with E-state index in [9.17, 15) is 0 Å². The van der Waals surface area contributed by atoms with Gasteiger partial charge in [-0.05, 0) is 32.5 Å². The lowest BCUT2D eigenvalue weighted by molar-refractivity contribution is 0.345. The van der Waals surface area contributed by atoms with Crippen LogP contribution >= 0.6 is 0 Å². The smallest absolute Gasteiger partial charge is 0.208 e. The molecular weight excluding hydrogens is 130 g/mol. The maximum atomic E-state index is 5.39. The summed E-state index contributed by atoms with van der Waals surface area (Å²) in [6.07, 6.45) is 1.12. The second-order valence-corrected chi connectivity index (χ2v) is 4.22. The van der Waals surface area contributed by atoms with E-state index in [-0.39, 0.29) is 0 Å². The molecule has 2 N–H and O–H groups in total. The van der Waals surface area contributed by atoms with Crippen LogP contribution in [0.1, 0.15) is 13.3 Å². The third-order valence-electron chi connectivity index (χ3n) is 1.12. The summed E-state index contributed by atoms with van der Waals surface area (Å²) in [6.45, 7) is 5.88. The van der Waals surface area contributed by atoms with Gasteiger partial charge in [0.05, 0.1) is 0 Å². The second kappa shape index (κ2) is 6.26. The highest BCUT2D eigenvalue weighted by Gasteiger charge is 2.01. The molecule has 0 heterocycles. The quantitative estimate of drug-likeness (QED) is 0.587. The normalized spacial score (nSPS) is 10.7. The number of nitrogens with two attached hydrogens (primary N) is 1. The Hall–Kier alpha value is 0.137. The van der Waals surface area contributed by atoms with Crippen molar-refractivity contribution < 1.29 is 4.43 Å². The standard InChI is InChI=1S/C6H16NOSi/c1-3-8-9(2)6-4-5-7/h3-7H2,1-2H3. The van der Waals surface area contributed by atoms with Crippen LogP contribution in [0.25, 0.3) is 0 Å². The highest BCUT2D eigenvalue weighted by atomic mass is 28.3. The van der Waals surface area contributed by atoms with Crippen molar-refractivity contribution in [2.24, 2.45) is 5.73 Å². The van der Waals surface area contributed by atoms with Crippen molar-refractivity contribution in [1.82, 2.24) is 0 Å². The highest BCUT2D eigenvalue weighted by Crippen LogP contribution is 1.96. The van der Waals surface area contributed by atoms with Crippen molar-refractivity contribution >= 4 is 9.04 Å². The van der Waals surface area contributed by atoms with Crippen LogP contribution in [0, 0.1) is 0 Å². The minimum Gasteiger partial charge on any atom is -0.417 e.